The van der Waals surface area contributed by atoms with Gasteiger partial charge >= 0.3 is 0 Å². The SMILES string of the molecule is CC(NCC(O)C(F)F)c1cc2c(s1)CCCC2. The van der Waals surface area contributed by atoms with Crippen LogP contribution in [0.25, 0.3) is 0 Å². The number of alkyl halides is 2. The van der Waals surface area contributed by atoms with E-state index < -0.39 is 12.5 Å². The maximum atomic E-state index is 12.2. The second kappa shape index (κ2) is 6.08. The normalized spacial score (nSPS) is 18.7. The summed E-state index contributed by atoms with van der Waals surface area (Å²) in [6, 6.07) is 2.21. The van der Waals surface area contributed by atoms with E-state index in [0.717, 1.165) is 12.8 Å². The van der Waals surface area contributed by atoms with Gasteiger partial charge < -0.3 is 10.4 Å². The number of aryl methyl sites for hydroxylation is 2. The van der Waals surface area contributed by atoms with Crippen molar-refractivity contribution in [2.24, 2.45) is 0 Å². The molecular formula is C13H19F2NOS. The summed E-state index contributed by atoms with van der Waals surface area (Å²) in [6.07, 6.45) is 0.515. The molecular weight excluding hydrogens is 256 g/mol. The number of rotatable bonds is 5. The third-order valence-electron chi connectivity index (χ3n) is 3.37. The van der Waals surface area contributed by atoms with Crippen molar-refractivity contribution in [3.63, 3.8) is 0 Å². The lowest BCUT2D eigenvalue weighted by Crippen LogP contribution is -2.33. The van der Waals surface area contributed by atoms with Crippen LogP contribution < -0.4 is 5.32 Å². The van der Waals surface area contributed by atoms with Gasteiger partial charge in [0.15, 0.2) is 0 Å². The molecule has 2 atom stereocenters. The molecule has 2 unspecified atom stereocenters. The number of aliphatic hydroxyl groups excluding tert-OH is 1. The Hall–Kier alpha value is -0.520. The van der Waals surface area contributed by atoms with Crippen molar-refractivity contribution in [3.05, 3.63) is 21.4 Å². The van der Waals surface area contributed by atoms with E-state index in [9.17, 15) is 8.78 Å². The summed E-state index contributed by atoms with van der Waals surface area (Å²) in [7, 11) is 0. The molecule has 0 saturated heterocycles. The van der Waals surface area contributed by atoms with Gasteiger partial charge in [-0.2, -0.15) is 0 Å². The van der Waals surface area contributed by atoms with Gasteiger partial charge in [-0.15, -0.1) is 11.3 Å². The zero-order chi connectivity index (χ0) is 13.1. The van der Waals surface area contributed by atoms with E-state index >= 15 is 0 Å². The highest BCUT2D eigenvalue weighted by Gasteiger charge is 2.20. The van der Waals surface area contributed by atoms with Crippen molar-refractivity contribution in [1.29, 1.82) is 0 Å². The minimum Gasteiger partial charge on any atom is -0.386 e. The Kier molecular flexibility index (Phi) is 4.70. The van der Waals surface area contributed by atoms with Gasteiger partial charge in [-0.1, -0.05) is 0 Å². The van der Waals surface area contributed by atoms with Gasteiger partial charge in [0.1, 0.15) is 6.10 Å². The highest BCUT2D eigenvalue weighted by atomic mass is 32.1. The van der Waals surface area contributed by atoms with Gasteiger partial charge in [-0.3, -0.25) is 0 Å². The first-order chi connectivity index (χ1) is 8.58. The van der Waals surface area contributed by atoms with E-state index in [1.807, 2.05) is 6.92 Å². The first-order valence-corrected chi connectivity index (χ1v) is 7.20. The molecule has 2 N–H and O–H groups in total. The molecule has 1 aliphatic carbocycles. The summed E-state index contributed by atoms with van der Waals surface area (Å²) in [5, 5.41) is 12.0. The lowest BCUT2D eigenvalue weighted by Gasteiger charge is -2.15. The Morgan fingerprint density at radius 2 is 2.11 bits per heavy atom. The number of fused-ring (bicyclic) bond motifs is 1. The number of nitrogens with one attached hydrogen (secondary N) is 1. The first kappa shape index (κ1) is 13.9. The predicted octanol–water partition coefficient (Wildman–Crippen LogP) is 2.90. The second-order valence-electron chi connectivity index (χ2n) is 4.84. The van der Waals surface area contributed by atoms with E-state index in [2.05, 4.69) is 11.4 Å². The topological polar surface area (TPSA) is 32.3 Å². The molecule has 1 aromatic rings. The van der Waals surface area contributed by atoms with Crippen LogP contribution in [0.1, 0.15) is 41.1 Å². The molecule has 18 heavy (non-hydrogen) atoms. The van der Waals surface area contributed by atoms with Crippen LogP contribution in [-0.2, 0) is 12.8 Å². The average Bonchev–Trinajstić information content (AvgIpc) is 2.79. The van der Waals surface area contributed by atoms with Gasteiger partial charge in [-0.05, 0) is 44.2 Å². The molecule has 1 aromatic heterocycles. The van der Waals surface area contributed by atoms with Crippen molar-refractivity contribution in [2.75, 3.05) is 6.54 Å². The second-order valence-corrected chi connectivity index (χ2v) is 6.00. The van der Waals surface area contributed by atoms with Crippen LogP contribution in [0.15, 0.2) is 6.07 Å². The highest BCUT2D eigenvalue weighted by molar-refractivity contribution is 7.12. The minimum absolute atomic E-state index is 0.0222. The Bertz CT molecular complexity index is 371. The van der Waals surface area contributed by atoms with E-state index in [1.165, 1.54) is 28.2 Å². The fourth-order valence-corrected chi connectivity index (χ4v) is 3.50. The highest BCUT2D eigenvalue weighted by Crippen LogP contribution is 2.32. The monoisotopic (exact) mass is 275 g/mol. The van der Waals surface area contributed by atoms with Crippen molar-refractivity contribution in [2.45, 2.75) is 51.2 Å². The molecule has 0 aliphatic heterocycles. The number of hydrogen-bond acceptors (Lipinski definition) is 3. The van der Waals surface area contributed by atoms with Gasteiger partial charge in [0.25, 0.3) is 6.43 Å². The van der Waals surface area contributed by atoms with E-state index in [0.29, 0.717) is 0 Å². The molecule has 0 bridgehead atoms. The molecule has 0 amide bonds. The molecule has 102 valence electrons. The van der Waals surface area contributed by atoms with Gasteiger partial charge in [-0.25, -0.2) is 8.78 Å². The smallest absolute Gasteiger partial charge is 0.265 e. The molecule has 2 rings (SSSR count). The quantitative estimate of drug-likeness (QED) is 0.866. The largest absolute Gasteiger partial charge is 0.386 e. The summed E-state index contributed by atoms with van der Waals surface area (Å²) in [5.41, 5.74) is 1.42. The average molecular weight is 275 g/mol. The zero-order valence-electron chi connectivity index (χ0n) is 10.5. The standard InChI is InChI=1S/C13H19F2NOS/c1-8(16-7-10(17)13(14)15)12-6-9-4-2-3-5-11(9)18-12/h6,8,10,13,16-17H,2-5,7H2,1H3. The molecule has 5 heteroatoms. The molecule has 0 fully saturated rings. The number of thiophene rings is 1. The van der Waals surface area contributed by atoms with Crippen LogP contribution in [0.2, 0.25) is 0 Å². The molecule has 0 aromatic carbocycles. The summed E-state index contributed by atoms with van der Waals surface area (Å²) in [5.74, 6) is 0. The fourth-order valence-electron chi connectivity index (χ4n) is 2.21. The van der Waals surface area contributed by atoms with E-state index in [-0.39, 0.29) is 12.6 Å². The molecule has 1 heterocycles. The number of halogens is 2. The first-order valence-electron chi connectivity index (χ1n) is 6.39. The third-order valence-corrected chi connectivity index (χ3v) is 4.79. The van der Waals surface area contributed by atoms with Crippen molar-refractivity contribution in [1.82, 2.24) is 5.32 Å². The molecule has 0 radical (unpaired) electrons. The maximum absolute atomic E-state index is 12.2. The lowest BCUT2D eigenvalue weighted by molar-refractivity contribution is -0.00434. The molecule has 1 aliphatic rings. The molecule has 0 saturated carbocycles. The van der Waals surface area contributed by atoms with Gasteiger partial charge in [0.2, 0.25) is 0 Å². The van der Waals surface area contributed by atoms with Crippen LogP contribution in [0, 0.1) is 0 Å². The number of aliphatic hydroxyl groups is 1. The maximum Gasteiger partial charge on any atom is 0.265 e. The van der Waals surface area contributed by atoms with Gasteiger partial charge in [0.05, 0.1) is 0 Å². The molecule has 0 spiro atoms. The van der Waals surface area contributed by atoms with Crippen LogP contribution in [0.4, 0.5) is 8.78 Å². The van der Waals surface area contributed by atoms with E-state index in [4.69, 9.17) is 5.11 Å². The summed E-state index contributed by atoms with van der Waals surface area (Å²) >= 11 is 1.77. The van der Waals surface area contributed by atoms with Crippen molar-refractivity contribution in [3.8, 4) is 0 Å². The summed E-state index contributed by atoms with van der Waals surface area (Å²) in [6.45, 7) is 1.89. The third kappa shape index (κ3) is 3.28. The van der Waals surface area contributed by atoms with Crippen LogP contribution in [-0.4, -0.2) is 24.2 Å². The minimum atomic E-state index is -2.68. The summed E-state index contributed by atoms with van der Waals surface area (Å²) in [4.78, 5) is 2.63. The van der Waals surface area contributed by atoms with Crippen LogP contribution >= 0.6 is 11.3 Å². The Balaban J connectivity index is 1.92. The van der Waals surface area contributed by atoms with Crippen molar-refractivity contribution >= 4 is 11.3 Å². The lowest BCUT2D eigenvalue weighted by atomic mass is 9.99. The van der Waals surface area contributed by atoms with Gasteiger partial charge in [0, 0.05) is 22.3 Å². The van der Waals surface area contributed by atoms with Crippen LogP contribution in [0.5, 0.6) is 0 Å². The zero-order valence-corrected chi connectivity index (χ0v) is 11.3. The Morgan fingerprint density at radius 3 is 2.78 bits per heavy atom. The summed E-state index contributed by atoms with van der Waals surface area (Å²) < 4.78 is 24.4. The van der Waals surface area contributed by atoms with Crippen molar-refractivity contribution < 1.29 is 13.9 Å². The van der Waals surface area contributed by atoms with E-state index in [1.54, 1.807) is 11.3 Å². The molecule has 2 nitrogen and oxygen atoms in total. The van der Waals surface area contributed by atoms with Crippen LogP contribution in [0.3, 0.4) is 0 Å². The fraction of sp³-hybridized carbons (Fsp3) is 0.692. The predicted molar refractivity (Wildman–Crippen MR) is 69.4 cm³/mol. The Labute approximate surface area is 110 Å². The Morgan fingerprint density at radius 1 is 1.39 bits per heavy atom. The number of hydrogen-bond donors (Lipinski definition) is 2.